The standard InChI is InChI=1S/C20H15FN2O4S/c1-10-11(2)28-20(22-10)23-16(14-4-3-9-27-14)15(18(25)19(23)26)17(24)12-5-7-13(21)8-6-12/h3-9,16,24H,1-2H3/b17-15+/t16-/m0/s1. The average molecular weight is 398 g/mol. The van der Waals surface area contributed by atoms with Crippen LogP contribution >= 0.6 is 11.3 Å². The summed E-state index contributed by atoms with van der Waals surface area (Å²) in [6.07, 6.45) is 1.42. The summed E-state index contributed by atoms with van der Waals surface area (Å²) in [5.41, 5.74) is 0.846. The number of aliphatic hydroxyl groups excluding tert-OH is 1. The van der Waals surface area contributed by atoms with E-state index in [2.05, 4.69) is 4.98 Å². The van der Waals surface area contributed by atoms with Gasteiger partial charge in [-0.15, -0.1) is 11.3 Å². The van der Waals surface area contributed by atoms with Crippen molar-refractivity contribution < 1.29 is 23.5 Å². The van der Waals surface area contributed by atoms with Gasteiger partial charge in [-0.2, -0.15) is 0 Å². The number of thiazole rings is 1. The minimum atomic E-state index is -0.968. The molecule has 1 fully saturated rings. The number of hydrogen-bond donors (Lipinski definition) is 1. The Labute approximate surface area is 163 Å². The maximum absolute atomic E-state index is 13.2. The number of halogens is 1. The molecule has 1 aliphatic rings. The van der Waals surface area contributed by atoms with E-state index >= 15 is 0 Å². The molecule has 0 aliphatic carbocycles. The van der Waals surface area contributed by atoms with Crippen LogP contribution in [0.25, 0.3) is 5.76 Å². The van der Waals surface area contributed by atoms with Crippen molar-refractivity contribution in [1.82, 2.24) is 4.98 Å². The molecule has 1 saturated heterocycles. The predicted octanol–water partition coefficient (Wildman–Crippen LogP) is 4.12. The van der Waals surface area contributed by atoms with Gasteiger partial charge in [0.15, 0.2) is 5.13 Å². The summed E-state index contributed by atoms with van der Waals surface area (Å²) >= 11 is 1.28. The van der Waals surface area contributed by atoms with Crippen LogP contribution < -0.4 is 4.90 Å². The monoisotopic (exact) mass is 398 g/mol. The Morgan fingerprint density at radius 2 is 1.93 bits per heavy atom. The molecule has 4 rings (SSSR count). The number of benzene rings is 1. The fraction of sp³-hybridized carbons (Fsp3) is 0.150. The lowest BCUT2D eigenvalue weighted by Gasteiger charge is -2.20. The van der Waals surface area contributed by atoms with Gasteiger partial charge >= 0.3 is 5.91 Å². The number of furan rings is 1. The summed E-state index contributed by atoms with van der Waals surface area (Å²) < 4.78 is 18.7. The van der Waals surface area contributed by atoms with Crippen LogP contribution in [-0.2, 0) is 9.59 Å². The number of Topliss-reactive ketones (excluding diaryl/α,β-unsaturated/α-hetero) is 1. The van der Waals surface area contributed by atoms with Crippen LogP contribution in [-0.4, -0.2) is 21.8 Å². The number of nitrogens with zero attached hydrogens (tertiary/aromatic N) is 2. The summed E-state index contributed by atoms with van der Waals surface area (Å²) in [7, 11) is 0. The van der Waals surface area contributed by atoms with E-state index in [1.807, 2.05) is 13.8 Å². The zero-order chi connectivity index (χ0) is 20.0. The second-order valence-electron chi connectivity index (χ2n) is 6.33. The summed E-state index contributed by atoms with van der Waals surface area (Å²) in [6.45, 7) is 3.68. The Hall–Kier alpha value is -3.26. The number of rotatable bonds is 3. The molecule has 0 saturated carbocycles. The molecule has 28 heavy (non-hydrogen) atoms. The Bertz CT molecular complexity index is 1080. The zero-order valence-corrected chi connectivity index (χ0v) is 15.8. The quantitative estimate of drug-likeness (QED) is 0.408. The molecule has 8 heteroatoms. The first-order valence-electron chi connectivity index (χ1n) is 8.43. The Kier molecular flexibility index (Phi) is 4.35. The number of amides is 1. The third-order valence-electron chi connectivity index (χ3n) is 4.60. The first-order chi connectivity index (χ1) is 13.4. The smallest absolute Gasteiger partial charge is 0.302 e. The highest BCUT2D eigenvalue weighted by atomic mass is 32.1. The molecule has 1 N–H and O–H groups in total. The van der Waals surface area contributed by atoms with Gasteiger partial charge in [-0.3, -0.25) is 14.5 Å². The number of aliphatic hydroxyl groups is 1. The highest BCUT2D eigenvalue weighted by Crippen LogP contribution is 2.43. The number of aryl methyl sites for hydroxylation is 2. The van der Waals surface area contributed by atoms with Gasteiger partial charge < -0.3 is 9.52 Å². The molecule has 2 aromatic heterocycles. The number of ketones is 1. The van der Waals surface area contributed by atoms with Crippen LogP contribution in [0.5, 0.6) is 0 Å². The third kappa shape index (κ3) is 2.82. The highest BCUT2D eigenvalue weighted by molar-refractivity contribution is 7.16. The number of aromatic nitrogens is 1. The number of anilines is 1. The van der Waals surface area contributed by atoms with Gasteiger partial charge in [0.2, 0.25) is 0 Å². The van der Waals surface area contributed by atoms with Crippen LogP contribution in [0.3, 0.4) is 0 Å². The van der Waals surface area contributed by atoms with E-state index in [9.17, 15) is 19.1 Å². The van der Waals surface area contributed by atoms with E-state index in [0.29, 0.717) is 10.9 Å². The van der Waals surface area contributed by atoms with E-state index in [0.717, 1.165) is 10.6 Å². The van der Waals surface area contributed by atoms with Gasteiger partial charge in [0.1, 0.15) is 23.4 Å². The predicted molar refractivity (Wildman–Crippen MR) is 101 cm³/mol. The fourth-order valence-electron chi connectivity index (χ4n) is 3.07. The van der Waals surface area contributed by atoms with Crippen LogP contribution in [0, 0.1) is 19.7 Å². The second-order valence-corrected chi connectivity index (χ2v) is 7.51. The molecule has 6 nitrogen and oxygen atoms in total. The second kappa shape index (κ2) is 6.72. The van der Waals surface area contributed by atoms with Crippen molar-refractivity contribution in [2.24, 2.45) is 0 Å². The molecule has 1 amide bonds. The first kappa shape index (κ1) is 18.1. The van der Waals surface area contributed by atoms with E-state index < -0.39 is 29.3 Å². The molecule has 1 atom stereocenters. The highest BCUT2D eigenvalue weighted by Gasteiger charge is 2.49. The van der Waals surface area contributed by atoms with Gasteiger partial charge in [0, 0.05) is 10.4 Å². The molecule has 3 aromatic rings. The van der Waals surface area contributed by atoms with Gasteiger partial charge in [-0.1, -0.05) is 0 Å². The lowest BCUT2D eigenvalue weighted by atomic mass is 9.99. The van der Waals surface area contributed by atoms with Gasteiger partial charge in [0.05, 0.1) is 17.5 Å². The molecule has 0 spiro atoms. The normalized spacial score (nSPS) is 18.8. The summed E-state index contributed by atoms with van der Waals surface area (Å²) in [5, 5.41) is 11.1. The first-order valence-corrected chi connectivity index (χ1v) is 9.24. The Morgan fingerprint density at radius 1 is 1.21 bits per heavy atom. The Balaban J connectivity index is 1.92. The number of carbonyl (C=O) groups is 2. The van der Waals surface area contributed by atoms with Crippen molar-refractivity contribution in [2.45, 2.75) is 19.9 Å². The van der Waals surface area contributed by atoms with Gasteiger partial charge in [0.25, 0.3) is 5.78 Å². The maximum Gasteiger partial charge on any atom is 0.302 e. The van der Waals surface area contributed by atoms with E-state index in [-0.39, 0.29) is 11.1 Å². The summed E-state index contributed by atoms with van der Waals surface area (Å²) in [4.78, 5) is 32.2. The van der Waals surface area contributed by atoms with Crippen LogP contribution in [0.15, 0.2) is 52.7 Å². The molecule has 0 unspecified atom stereocenters. The van der Waals surface area contributed by atoms with Crippen LogP contribution in [0.4, 0.5) is 9.52 Å². The molecule has 3 heterocycles. The molecule has 1 aromatic carbocycles. The van der Waals surface area contributed by atoms with Crippen LogP contribution in [0.1, 0.15) is 27.9 Å². The summed E-state index contributed by atoms with van der Waals surface area (Å²) in [5.74, 6) is -2.22. The van der Waals surface area contributed by atoms with Crippen molar-refractivity contribution >= 4 is 33.9 Å². The van der Waals surface area contributed by atoms with Crippen LogP contribution in [0.2, 0.25) is 0 Å². The lowest BCUT2D eigenvalue weighted by molar-refractivity contribution is -0.132. The SMILES string of the molecule is Cc1nc(N2C(=O)C(=O)/C(=C(/O)c3ccc(F)cc3)[C@@H]2c2ccco2)sc1C. The minimum Gasteiger partial charge on any atom is -0.507 e. The lowest BCUT2D eigenvalue weighted by Crippen LogP contribution is -2.29. The van der Waals surface area contributed by atoms with Crippen molar-refractivity contribution in [2.75, 3.05) is 4.90 Å². The van der Waals surface area contributed by atoms with Crippen molar-refractivity contribution in [3.05, 3.63) is 75.9 Å². The number of carbonyl (C=O) groups excluding carboxylic acids is 2. The largest absolute Gasteiger partial charge is 0.507 e. The van der Waals surface area contributed by atoms with E-state index in [1.165, 1.54) is 46.8 Å². The van der Waals surface area contributed by atoms with Gasteiger partial charge in [-0.05, 0) is 50.2 Å². The van der Waals surface area contributed by atoms with E-state index in [1.54, 1.807) is 12.1 Å². The average Bonchev–Trinajstić information content (AvgIpc) is 3.36. The molecule has 0 radical (unpaired) electrons. The third-order valence-corrected chi connectivity index (χ3v) is 5.67. The van der Waals surface area contributed by atoms with Crippen molar-refractivity contribution in [3.63, 3.8) is 0 Å². The molecular weight excluding hydrogens is 383 g/mol. The zero-order valence-electron chi connectivity index (χ0n) is 15.0. The molecular formula is C20H15FN2O4S. The van der Waals surface area contributed by atoms with E-state index in [4.69, 9.17) is 4.42 Å². The molecule has 142 valence electrons. The van der Waals surface area contributed by atoms with Crippen molar-refractivity contribution in [1.29, 1.82) is 0 Å². The maximum atomic E-state index is 13.2. The minimum absolute atomic E-state index is 0.128. The molecule has 1 aliphatic heterocycles. The molecule has 0 bridgehead atoms. The van der Waals surface area contributed by atoms with Gasteiger partial charge in [-0.25, -0.2) is 9.37 Å². The summed E-state index contributed by atoms with van der Waals surface area (Å²) in [6, 6.07) is 7.30. The fourth-order valence-corrected chi connectivity index (χ4v) is 4.00. The Morgan fingerprint density at radius 3 is 2.50 bits per heavy atom. The van der Waals surface area contributed by atoms with Crippen molar-refractivity contribution in [3.8, 4) is 0 Å². The number of hydrogen-bond acceptors (Lipinski definition) is 6. The topological polar surface area (TPSA) is 83.6 Å².